The van der Waals surface area contributed by atoms with Crippen molar-refractivity contribution in [3.8, 4) is 6.07 Å². The molecule has 0 amide bonds. The van der Waals surface area contributed by atoms with Gasteiger partial charge in [0.1, 0.15) is 0 Å². The van der Waals surface area contributed by atoms with E-state index in [0.717, 1.165) is 23.5 Å². The Bertz CT molecular complexity index is 825. The molecule has 0 saturated heterocycles. The molecule has 4 heteroatoms. The van der Waals surface area contributed by atoms with Gasteiger partial charge in [0.2, 0.25) is 0 Å². The van der Waals surface area contributed by atoms with Gasteiger partial charge in [-0.15, -0.1) is 0 Å². The van der Waals surface area contributed by atoms with Crippen molar-refractivity contribution in [1.29, 1.82) is 5.26 Å². The first kappa shape index (κ1) is 19.5. The number of hydrogen-bond donors (Lipinski definition) is 0. The summed E-state index contributed by atoms with van der Waals surface area (Å²) in [5.74, 6) is 0.0369. The van der Waals surface area contributed by atoms with Crippen molar-refractivity contribution in [2.75, 3.05) is 7.11 Å². The number of nitriles is 1. The maximum Gasteiger partial charge on any atom is 0.314 e. The second kappa shape index (κ2) is 9.08. The molecule has 1 aromatic carbocycles. The molecule has 1 heterocycles. The Kier molecular flexibility index (Phi) is 6.55. The number of rotatable bonds is 7. The fourth-order valence-corrected chi connectivity index (χ4v) is 4.49. The van der Waals surface area contributed by atoms with Crippen LogP contribution in [0.4, 0.5) is 0 Å². The van der Waals surface area contributed by atoms with Crippen LogP contribution in [0.2, 0.25) is 0 Å². The monoisotopic (exact) mass is 366 g/mol. The van der Waals surface area contributed by atoms with Crippen LogP contribution in [-0.4, -0.2) is 17.6 Å². The molecular formula is C23H30N2O2. The van der Waals surface area contributed by atoms with Crippen LogP contribution in [0.3, 0.4) is 0 Å². The first-order valence-electron chi connectivity index (χ1n) is 10.2. The maximum atomic E-state index is 12.1. The summed E-state index contributed by atoms with van der Waals surface area (Å²) >= 11 is 0. The summed E-state index contributed by atoms with van der Waals surface area (Å²) in [5, 5.41) is 10.3. The largest absolute Gasteiger partial charge is 0.469 e. The van der Waals surface area contributed by atoms with Gasteiger partial charge < -0.3 is 9.30 Å². The quantitative estimate of drug-likeness (QED) is 0.610. The second-order valence-corrected chi connectivity index (χ2v) is 7.87. The summed E-state index contributed by atoms with van der Waals surface area (Å²) < 4.78 is 7.22. The standard InChI is InChI=1S/C23H30N2O2/c1-17-16-25(14-6-9-18-7-4-3-5-8-18)22-15-19(10-11-20(17)22)21(12-13-24)23(26)27-2/h10-11,15-16,18,21H,3-9,12,14H2,1-2H3. The van der Waals surface area contributed by atoms with E-state index in [2.05, 4.69) is 35.9 Å². The zero-order valence-corrected chi connectivity index (χ0v) is 16.5. The molecule has 0 aliphatic heterocycles. The molecule has 2 aromatic rings. The number of carbonyl (C=O) groups is 1. The van der Waals surface area contributed by atoms with Crippen molar-refractivity contribution in [3.63, 3.8) is 0 Å². The van der Waals surface area contributed by atoms with Crippen molar-refractivity contribution in [2.24, 2.45) is 5.92 Å². The number of carbonyl (C=O) groups excluding carboxylic acids is 1. The summed E-state index contributed by atoms with van der Waals surface area (Å²) in [6.45, 7) is 3.14. The van der Waals surface area contributed by atoms with Crippen molar-refractivity contribution in [2.45, 2.75) is 70.8 Å². The van der Waals surface area contributed by atoms with Crippen LogP contribution < -0.4 is 0 Å². The van der Waals surface area contributed by atoms with E-state index < -0.39 is 5.92 Å². The van der Waals surface area contributed by atoms with Crippen LogP contribution in [0.1, 0.15) is 68.4 Å². The highest BCUT2D eigenvalue weighted by molar-refractivity contribution is 5.86. The van der Waals surface area contributed by atoms with E-state index in [0.29, 0.717) is 0 Å². The first-order chi connectivity index (χ1) is 13.1. The highest BCUT2D eigenvalue weighted by Gasteiger charge is 2.22. The summed E-state index contributed by atoms with van der Waals surface area (Å²) in [6.07, 6.45) is 11.8. The molecule has 0 spiro atoms. The van der Waals surface area contributed by atoms with Crippen LogP contribution >= 0.6 is 0 Å². The Morgan fingerprint density at radius 2 is 2.11 bits per heavy atom. The third-order valence-electron chi connectivity index (χ3n) is 6.03. The SMILES string of the molecule is COC(=O)C(CC#N)c1ccc2c(C)cn(CCCC3CCCCC3)c2c1. The van der Waals surface area contributed by atoms with Gasteiger partial charge >= 0.3 is 5.97 Å². The molecule has 0 radical (unpaired) electrons. The minimum Gasteiger partial charge on any atom is -0.469 e. The fraction of sp³-hybridized carbons (Fsp3) is 0.565. The fourth-order valence-electron chi connectivity index (χ4n) is 4.49. The van der Waals surface area contributed by atoms with Crippen molar-refractivity contribution >= 4 is 16.9 Å². The van der Waals surface area contributed by atoms with Gasteiger partial charge in [0, 0.05) is 23.6 Å². The molecule has 1 aliphatic carbocycles. The topological polar surface area (TPSA) is 55.0 Å². The van der Waals surface area contributed by atoms with Crippen LogP contribution in [0, 0.1) is 24.2 Å². The lowest BCUT2D eigenvalue weighted by Gasteiger charge is -2.21. The normalized spacial score (nSPS) is 16.2. The highest BCUT2D eigenvalue weighted by atomic mass is 16.5. The second-order valence-electron chi connectivity index (χ2n) is 7.87. The summed E-state index contributed by atoms with van der Waals surface area (Å²) in [5.41, 5.74) is 3.27. The number of aryl methyl sites for hydroxylation is 2. The van der Waals surface area contributed by atoms with Crippen LogP contribution in [0.15, 0.2) is 24.4 Å². The van der Waals surface area contributed by atoms with Crippen molar-refractivity contribution in [3.05, 3.63) is 35.5 Å². The van der Waals surface area contributed by atoms with Gasteiger partial charge in [0.05, 0.1) is 25.5 Å². The molecule has 1 atom stereocenters. The summed E-state index contributed by atoms with van der Waals surface area (Å²) in [6, 6.07) is 8.22. The van der Waals surface area contributed by atoms with Gasteiger partial charge in [-0.25, -0.2) is 0 Å². The molecule has 27 heavy (non-hydrogen) atoms. The van der Waals surface area contributed by atoms with E-state index in [1.54, 1.807) is 0 Å². The van der Waals surface area contributed by atoms with Gasteiger partial charge in [-0.2, -0.15) is 5.26 Å². The maximum absolute atomic E-state index is 12.1. The highest BCUT2D eigenvalue weighted by Crippen LogP contribution is 2.30. The van der Waals surface area contributed by atoms with Gasteiger partial charge in [0.15, 0.2) is 0 Å². The van der Waals surface area contributed by atoms with E-state index in [9.17, 15) is 4.79 Å². The number of benzene rings is 1. The zero-order chi connectivity index (χ0) is 19.2. The van der Waals surface area contributed by atoms with E-state index in [1.807, 2.05) is 6.07 Å². The predicted octanol–water partition coefficient (Wildman–Crippen LogP) is 5.48. The third kappa shape index (κ3) is 4.53. The molecule has 3 rings (SSSR count). The predicted molar refractivity (Wildman–Crippen MR) is 107 cm³/mol. The number of methoxy groups -OCH3 is 1. The number of ether oxygens (including phenoxy) is 1. The Hall–Kier alpha value is -2.28. The van der Waals surface area contributed by atoms with E-state index in [-0.39, 0.29) is 12.4 Å². The van der Waals surface area contributed by atoms with Gasteiger partial charge in [-0.05, 0) is 42.9 Å². The average Bonchev–Trinajstić information content (AvgIpc) is 3.01. The number of nitrogens with zero attached hydrogens (tertiary/aromatic N) is 2. The molecule has 1 unspecified atom stereocenters. The Balaban J connectivity index is 1.78. The number of hydrogen-bond acceptors (Lipinski definition) is 3. The van der Waals surface area contributed by atoms with Crippen LogP contribution in [-0.2, 0) is 16.1 Å². The lowest BCUT2D eigenvalue weighted by Crippen LogP contribution is -2.14. The van der Waals surface area contributed by atoms with Crippen molar-refractivity contribution in [1.82, 2.24) is 4.57 Å². The van der Waals surface area contributed by atoms with E-state index >= 15 is 0 Å². The molecule has 1 saturated carbocycles. The summed E-state index contributed by atoms with van der Waals surface area (Å²) in [7, 11) is 1.38. The summed E-state index contributed by atoms with van der Waals surface area (Å²) in [4.78, 5) is 12.1. The number of fused-ring (bicyclic) bond motifs is 1. The smallest absolute Gasteiger partial charge is 0.314 e. The van der Waals surface area contributed by atoms with Gasteiger partial charge in [-0.1, -0.05) is 44.2 Å². The average molecular weight is 367 g/mol. The Labute approximate surface area is 162 Å². The lowest BCUT2D eigenvalue weighted by molar-refractivity contribution is -0.142. The zero-order valence-electron chi connectivity index (χ0n) is 16.5. The first-order valence-corrected chi connectivity index (χ1v) is 10.2. The van der Waals surface area contributed by atoms with Gasteiger partial charge in [-0.3, -0.25) is 4.79 Å². The van der Waals surface area contributed by atoms with E-state index in [4.69, 9.17) is 10.00 Å². The molecule has 144 valence electrons. The van der Waals surface area contributed by atoms with E-state index in [1.165, 1.54) is 63.0 Å². The minimum atomic E-state index is -0.518. The lowest BCUT2D eigenvalue weighted by atomic mass is 9.86. The molecule has 1 fully saturated rings. The number of aromatic nitrogens is 1. The van der Waals surface area contributed by atoms with Crippen molar-refractivity contribution < 1.29 is 9.53 Å². The Morgan fingerprint density at radius 1 is 1.33 bits per heavy atom. The molecule has 4 nitrogen and oxygen atoms in total. The third-order valence-corrected chi connectivity index (χ3v) is 6.03. The number of esters is 1. The van der Waals surface area contributed by atoms with Crippen LogP contribution in [0.25, 0.3) is 10.9 Å². The molecular weight excluding hydrogens is 336 g/mol. The molecule has 1 aliphatic rings. The van der Waals surface area contributed by atoms with Gasteiger partial charge in [0.25, 0.3) is 0 Å². The molecule has 0 N–H and O–H groups in total. The Morgan fingerprint density at radius 3 is 2.81 bits per heavy atom. The molecule has 0 bridgehead atoms. The minimum absolute atomic E-state index is 0.138. The van der Waals surface area contributed by atoms with Crippen LogP contribution in [0.5, 0.6) is 0 Å². The molecule has 1 aromatic heterocycles.